The summed E-state index contributed by atoms with van der Waals surface area (Å²) in [4.78, 5) is 6.44. The molecular weight excluding hydrogens is 286 g/mol. The van der Waals surface area contributed by atoms with Crippen molar-refractivity contribution in [2.75, 3.05) is 27.2 Å². The van der Waals surface area contributed by atoms with Gasteiger partial charge in [0.25, 0.3) is 0 Å². The van der Waals surface area contributed by atoms with Gasteiger partial charge in [-0.25, -0.2) is 4.98 Å². The van der Waals surface area contributed by atoms with E-state index in [-0.39, 0.29) is 5.54 Å². The number of nitrogens with zero attached hydrogens (tertiary/aromatic N) is 2. The summed E-state index contributed by atoms with van der Waals surface area (Å²) in [6, 6.07) is 1.92. The highest BCUT2D eigenvalue weighted by Crippen LogP contribution is 2.24. The van der Waals surface area contributed by atoms with Crippen molar-refractivity contribution in [2.24, 2.45) is 5.92 Å². The highest BCUT2D eigenvalue weighted by Gasteiger charge is 2.22. The monoisotopic (exact) mass is 313 g/mol. The van der Waals surface area contributed by atoms with Gasteiger partial charge in [0.1, 0.15) is 11.6 Å². The third kappa shape index (κ3) is 6.20. The van der Waals surface area contributed by atoms with Crippen molar-refractivity contribution in [3.63, 3.8) is 0 Å². The van der Waals surface area contributed by atoms with Gasteiger partial charge in [-0.05, 0) is 52.0 Å². The summed E-state index contributed by atoms with van der Waals surface area (Å²) in [5.74, 6) is 1.13. The van der Waals surface area contributed by atoms with Crippen molar-refractivity contribution in [2.45, 2.75) is 39.8 Å². The molecule has 0 atom stereocenters. The summed E-state index contributed by atoms with van der Waals surface area (Å²) < 4.78 is 5.76. The Morgan fingerprint density at radius 3 is 2.57 bits per heavy atom. The lowest BCUT2D eigenvalue weighted by Gasteiger charge is -2.32. The molecule has 0 spiro atoms. The normalized spacial score (nSPS) is 12.2. The number of hydrogen-bond donors (Lipinski definition) is 1. The molecule has 1 N–H and O–H groups in total. The number of hydrogen-bond acceptors (Lipinski definition) is 4. The van der Waals surface area contributed by atoms with Gasteiger partial charge in [0.2, 0.25) is 5.88 Å². The number of halogens is 1. The van der Waals surface area contributed by atoms with Gasteiger partial charge in [-0.2, -0.15) is 0 Å². The fourth-order valence-electron chi connectivity index (χ4n) is 1.55. The molecule has 0 saturated heterocycles. The SMILES string of the molecule is CC(C)CNCc1cnc(OCC(C)(C)N(C)C)c(Cl)c1. The molecule has 0 bridgehead atoms. The molecule has 1 aromatic rings. The second kappa shape index (κ2) is 7.97. The van der Waals surface area contributed by atoms with E-state index in [2.05, 4.69) is 42.9 Å². The molecule has 0 aliphatic rings. The maximum atomic E-state index is 6.25. The Morgan fingerprint density at radius 2 is 2.05 bits per heavy atom. The van der Waals surface area contributed by atoms with Crippen molar-refractivity contribution >= 4 is 11.6 Å². The molecule has 21 heavy (non-hydrogen) atoms. The summed E-state index contributed by atoms with van der Waals surface area (Å²) in [6.07, 6.45) is 1.82. The standard InChI is InChI=1S/C16H28ClN3O/c1-12(2)8-18-9-13-7-14(17)15(19-10-13)21-11-16(3,4)20(5)6/h7,10,12,18H,8-9,11H2,1-6H3. The van der Waals surface area contributed by atoms with E-state index in [9.17, 15) is 0 Å². The van der Waals surface area contributed by atoms with E-state index in [0.717, 1.165) is 18.7 Å². The van der Waals surface area contributed by atoms with Gasteiger partial charge >= 0.3 is 0 Å². The van der Waals surface area contributed by atoms with E-state index < -0.39 is 0 Å². The highest BCUT2D eigenvalue weighted by atomic mass is 35.5. The first-order chi connectivity index (χ1) is 9.72. The number of likely N-dealkylation sites (N-methyl/N-ethyl adjacent to an activating group) is 1. The summed E-state index contributed by atoms with van der Waals surface area (Å²) in [5.41, 5.74) is 1.00. The van der Waals surface area contributed by atoms with Crippen LogP contribution in [0.4, 0.5) is 0 Å². The minimum atomic E-state index is -0.0670. The van der Waals surface area contributed by atoms with Crippen molar-refractivity contribution in [3.05, 3.63) is 22.8 Å². The van der Waals surface area contributed by atoms with E-state index in [1.54, 1.807) is 0 Å². The first kappa shape index (κ1) is 18.2. The molecule has 0 aliphatic carbocycles. The largest absolute Gasteiger partial charge is 0.475 e. The fourth-order valence-corrected chi connectivity index (χ4v) is 1.79. The molecule has 1 heterocycles. The van der Waals surface area contributed by atoms with Gasteiger partial charge in [-0.1, -0.05) is 25.4 Å². The Morgan fingerprint density at radius 1 is 1.38 bits per heavy atom. The van der Waals surface area contributed by atoms with Crippen LogP contribution >= 0.6 is 11.6 Å². The number of nitrogens with one attached hydrogen (secondary N) is 1. The van der Waals surface area contributed by atoms with Gasteiger partial charge < -0.3 is 15.0 Å². The van der Waals surface area contributed by atoms with E-state index in [1.165, 1.54) is 0 Å². The molecule has 120 valence electrons. The predicted molar refractivity (Wildman–Crippen MR) is 89.1 cm³/mol. The third-order valence-electron chi connectivity index (χ3n) is 3.52. The average molecular weight is 314 g/mol. The number of rotatable bonds is 8. The minimum absolute atomic E-state index is 0.0670. The molecule has 1 rings (SSSR count). The molecule has 0 amide bonds. The van der Waals surface area contributed by atoms with E-state index >= 15 is 0 Å². The zero-order chi connectivity index (χ0) is 16.0. The molecule has 0 aromatic carbocycles. The van der Waals surface area contributed by atoms with Crippen LogP contribution in [0.3, 0.4) is 0 Å². The Kier molecular flexibility index (Phi) is 6.91. The van der Waals surface area contributed by atoms with E-state index in [0.29, 0.717) is 23.4 Å². The molecular formula is C16H28ClN3O. The lowest BCUT2D eigenvalue weighted by atomic mass is 10.1. The number of pyridine rings is 1. The van der Waals surface area contributed by atoms with Gasteiger partial charge in [-0.15, -0.1) is 0 Å². The van der Waals surface area contributed by atoms with Crippen molar-refractivity contribution in [1.29, 1.82) is 0 Å². The maximum absolute atomic E-state index is 6.25. The summed E-state index contributed by atoms with van der Waals surface area (Å²) in [7, 11) is 4.06. The van der Waals surface area contributed by atoms with Gasteiger partial charge in [0.15, 0.2) is 0 Å². The summed E-state index contributed by atoms with van der Waals surface area (Å²) >= 11 is 6.25. The van der Waals surface area contributed by atoms with Crippen LogP contribution in [0.5, 0.6) is 5.88 Å². The topological polar surface area (TPSA) is 37.4 Å². The Labute approximate surface area is 133 Å². The second-order valence-electron chi connectivity index (χ2n) is 6.65. The van der Waals surface area contributed by atoms with Crippen LogP contribution in [0, 0.1) is 5.92 Å². The smallest absolute Gasteiger partial charge is 0.232 e. The van der Waals surface area contributed by atoms with Crippen LogP contribution < -0.4 is 10.1 Å². The maximum Gasteiger partial charge on any atom is 0.232 e. The minimum Gasteiger partial charge on any atom is -0.475 e. The van der Waals surface area contributed by atoms with Crippen molar-refractivity contribution < 1.29 is 4.74 Å². The van der Waals surface area contributed by atoms with Crippen LogP contribution in [0.2, 0.25) is 5.02 Å². The molecule has 0 aliphatic heterocycles. The second-order valence-corrected chi connectivity index (χ2v) is 7.06. The fraction of sp³-hybridized carbons (Fsp3) is 0.688. The predicted octanol–water partition coefficient (Wildman–Crippen LogP) is 3.20. The van der Waals surface area contributed by atoms with Gasteiger partial charge in [0.05, 0.1) is 0 Å². The first-order valence-electron chi connectivity index (χ1n) is 7.37. The molecule has 0 fully saturated rings. The Hall–Kier alpha value is -0.840. The lowest BCUT2D eigenvalue weighted by Crippen LogP contribution is -2.43. The summed E-state index contributed by atoms with van der Waals surface area (Å²) in [6.45, 7) is 10.9. The molecule has 4 nitrogen and oxygen atoms in total. The molecule has 0 saturated carbocycles. The summed E-state index contributed by atoms with van der Waals surface area (Å²) in [5, 5.41) is 3.94. The lowest BCUT2D eigenvalue weighted by molar-refractivity contribution is 0.111. The van der Waals surface area contributed by atoms with Gasteiger partial charge in [-0.3, -0.25) is 0 Å². The average Bonchev–Trinajstić information content (AvgIpc) is 2.37. The third-order valence-corrected chi connectivity index (χ3v) is 3.79. The van der Waals surface area contributed by atoms with Crippen molar-refractivity contribution in [1.82, 2.24) is 15.2 Å². The quantitative estimate of drug-likeness (QED) is 0.800. The zero-order valence-electron chi connectivity index (χ0n) is 14.0. The van der Waals surface area contributed by atoms with Crippen LogP contribution in [0.15, 0.2) is 12.3 Å². The molecule has 5 heteroatoms. The van der Waals surface area contributed by atoms with Crippen LogP contribution in [-0.2, 0) is 6.54 Å². The Balaban J connectivity index is 2.58. The van der Waals surface area contributed by atoms with Crippen LogP contribution in [0.25, 0.3) is 0 Å². The molecule has 0 unspecified atom stereocenters. The first-order valence-corrected chi connectivity index (χ1v) is 7.75. The van der Waals surface area contributed by atoms with Crippen LogP contribution in [-0.4, -0.2) is 42.7 Å². The number of aromatic nitrogens is 1. The Bertz CT molecular complexity index is 447. The number of ether oxygens (including phenoxy) is 1. The zero-order valence-corrected chi connectivity index (χ0v) is 14.8. The van der Waals surface area contributed by atoms with E-state index in [1.807, 2.05) is 26.4 Å². The molecule has 0 radical (unpaired) electrons. The van der Waals surface area contributed by atoms with Crippen LogP contribution in [0.1, 0.15) is 33.3 Å². The van der Waals surface area contributed by atoms with E-state index in [4.69, 9.17) is 16.3 Å². The van der Waals surface area contributed by atoms with Gasteiger partial charge in [0, 0.05) is 18.3 Å². The molecule has 1 aromatic heterocycles. The van der Waals surface area contributed by atoms with Crippen molar-refractivity contribution in [3.8, 4) is 5.88 Å². The highest BCUT2D eigenvalue weighted by molar-refractivity contribution is 6.31.